The van der Waals surface area contributed by atoms with Gasteiger partial charge in [-0.15, -0.1) is 0 Å². The summed E-state index contributed by atoms with van der Waals surface area (Å²) >= 11 is 0. The number of allylic oxidation sites excluding steroid dienone is 2. The van der Waals surface area contributed by atoms with Gasteiger partial charge in [-0.2, -0.15) is 8.42 Å². The van der Waals surface area contributed by atoms with E-state index in [9.17, 15) is 18.0 Å². The number of hydrogen-bond donors (Lipinski definition) is 3. The lowest BCUT2D eigenvalue weighted by atomic mass is 10.1. The fraction of sp³-hybridized carbons (Fsp3) is 0.333. The summed E-state index contributed by atoms with van der Waals surface area (Å²) in [6, 6.07) is 0. The van der Waals surface area contributed by atoms with E-state index >= 15 is 0 Å². The zero-order valence-corrected chi connectivity index (χ0v) is 9.77. The van der Waals surface area contributed by atoms with Gasteiger partial charge in [0, 0.05) is 11.1 Å². The number of rotatable bonds is 6. The largest absolute Gasteiger partial charge is 0.478 e. The first-order valence-corrected chi connectivity index (χ1v) is 6.03. The van der Waals surface area contributed by atoms with Gasteiger partial charge < -0.3 is 10.2 Å². The van der Waals surface area contributed by atoms with Gasteiger partial charge in [0.2, 0.25) is 0 Å². The Kier molecular flexibility index (Phi) is 5.56. The second-order valence-electron chi connectivity index (χ2n) is 3.19. The SMILES string of the molecule is CC(=CC=C(CCS(=O)(=O)O)C(=O)O)C(=O)O. The second kappa shape index (κ2) is 6.16. The Morgan fingerprint density at radius 3 is 2.00 bits per heavy atom. The molecule has 8 heteroatoms. The van der Waals surface area contributed by atoms with Crippen LogP contribution in [0.5, 0.6) is 0 Å². The average molecular weight is 264 g/mol. The smallest absolute Gasteiger partial charge is 0.331 e. The first-order valence-electron chi connectivity index (χ1n) is 4.42. The highest BCUT2D eigenvalue weighted by Gasteiger charge is 2.12. The molecule has 0 aliphatic carbocycles. The third kappa shape index (κ3) is 7.25. The molecule has 96 valence electrons. The monoisotopic (exact) mass is 264 g/mol. The van der Waals surface area contributed by atoms with Crippen LogP contribution in [-0.2, 0) is 19.7 Å². The van der Waals surface area contributed by atoms with Gasteiger partial charge in [0.1, 0.15) is 0 Å². The van der Waals surface area contributed by atoms with Gasteiger partial charge in [0.15, 0.2) is 0 Å². The van der Waals surface area contributed by atoms with Crippen LogP contribution >= 0.6 is 0 Å². The van der Waals surface area contributed by atoms with E-state index in [0.29, 0.717) is 0 Å². The maximum Gasteiger partial charge on any atom is 0.331 e. The molecule has 0 amide bonds. The van der Waals surface area contributed by atoms with Gasteiger partial charge in [-0.1, -0.05) is 12.2 Å². The fourth-order valence-corrected chi connectivity index (χ4v) is 1.28. The summed E-state index contributed by atoms with van der Waals surface area (Å²) in [4.78, 5) is 21.1. The van der Waals surface area contributed by atoms with Crippen molar-refractivity contribution in [1.29, 1.82) is 0 Å². The third-order valence-corrected chi connectivity index (χ3v) is 2.50. The van der Waals surface area contributed by atoms with Crippen molar-refractivity contribution in [3.63, 3.8) is 0 Å². The molecule has 0 aromatic carbocycles. The van der Waals surface area contributed by atoms with Crippen LogP contribution in [0.1, 0.15) is 13.3 Å². The molecule has 0 aliphatic heterocycles. The molecule has 0 aromatic rings. The van der Waals surface area contributed by atoms with Crippen molar-refractivity contribution in [2.24, 2.45) is 0 Å². The van der Waals surface area contributed by atoms with Crippen molar-refractivity contribution in [1.82, 2.24) is 0 Å². The van der Waals surface area contributed by atoms with Gasteiger partial charge >= 0.3 is 11.9 Å². The fourth-order valence-electron chi connectivity index (χ4n) is 0.797. The quantitative estimate of drug-likeness (QED) is 0.357. The zero-order chi connectivity index (χ0) is 13.6. The molecule has 17 heavy (non-hydrogen) atoms. The van der Waals surface area contributed by atoms with Crippen molar-refractivity contribution in [2.75, 3.05) is 5.75 Å². The Bertz CT molecular complexity index is 470. The second-order valence-corrected chi connectivity index (χ2v) is 4.76. The van der Waals surface area contributed by atoms with E-state index in [-0.39, 0.29) is 11.1 Å². The van der Waals surface area contributed by atoms with Crippen LogP contribution in [0.3, 0.4) is 0 Å². The zero-order valence-electron chi connectivity index (χ0n) is 8.95. The maximum atomic E-state index is 10.7. The molecular formula is C9H12O7S. The van der Waals surface area contributed by atoms with Crippen LogP contribution in [0.2, 0.25) is 0 Å². The van der Waals surface area contributed by atoms with Crippen molar-refractivity contribution in [3.05, 3.63) is 23.3 Å². The van der Waals surface area contributed by atoms with Crippen LogP contribution in [0.4, 0.5) is 0 Å². The first kappa shape index (κ1) is 15.3. The molecule has 0 rings (SSSR count). The van der Waals surface area contributed by atoms with Gasteiger partial charge in [-0.05, 0) is 13.3 Å². The van der Waals surface area contributed by atoms with Gasteiger partial charge in [0.05, 0.1) is 5.75 Å². The predicted octanol–water partition coefficient (Wildman–Crippen LogP) is 0.306. The molecule has 0 radical (unpaired) electrons. The molecule has 0 saturated carbocycles. The number of hydrogen-bond acceptors (Lipinski definition) is 4. The Balaban J connectivity index is 4.88. The van der Waals surface area contributed by atoms with E-state index in [1.54, 1.807) is 0 Å². The minimum Gasteiger partial charge on any atom is -0.478 e. The van der Waals surface area contributed by atoms with Crippen molar-refractivity contribution < 1.29 is 32.8 Å². The number of carbonyl (C=O) groups is 2. The lowest BCUT2D eigenvalue weighted by Crippen LogP contribution is -2.09. The Labute approximate surface area is 97.8 Å². The number of carboxylic acid groups (broad SMARTS) is 2. The summed E-state index contributed by atoms with van der Waals surface area (Å²) < 4.78 is 29.3. The topological polar surface area (TPSA) is 129 Å². The average Bonchev–Trinajstić information content (AvgIpc) is 2.14. The molecule has 3 N–H and O–H groups in total. The van der Waals surface area contributed by atoms with E-state index < -0.39 is 34.2 Å². The summed E-state index contributed by atoms with van der Waals surface area (Å²) in [6.45, 7) is 1.26. The van der Waals surface area contributed by atoms with Crippen LogP contribution in [0.15, 0.2) is 23.3 Å². The Hall–Kier alpha value is -1.67. The molecule has 0 saturated heterocycles. The molecule has 0 atom stereocenters. The molecule has 0 heterocycles. The molecule has 0 fully saturated rings. The minimum atomic E-state index is -4.25. The lowest BCUT2D eigenvalue weighted by Gasteiger charge is -1.99. The van der Waals surface area contributed by atoms with Crippen LogP contribution in [-0.4, -0.2) is 40.9 Å². The van der Waals surface area contributed by atoms with E-state index in [1.165, 1.54) is 6.92 Å². The van der Waals surface area contributed by atoms with Crippen molar-refractivity contribution >= 4 is 22.1 Å². The predicted molar refractivity (Wildman–Crippen MR) is 58.1 cm³/mol. The van der Waals surface area contributed by atoms with Crippen LogP contribution < -0.4 is 0 Å². The molecule has 0 aromatic heterocycles. The third-order valence-electron chi connectivity index (χ3n) is 1.78. The van der Waals surface area contributed by atoms with Crippen LogP contribution in [0.25, 0.3) is 0 Å². The lowest BCUT2D eigenvalue weighted by molar-refractivity contribution is -0.133. The van der Waals surface area contributed by atoms with Gasteiger partial charge in [-0.25, -0.2) is 9.59 Å². The summed E-state index contributed by atoms with van der Waals surface area (Å²) in [5.41, 5.74) is -0.390. The van der Waals surface area contributed by atoms with E-state index in [2.05, 4.69) is 0 Å². The number of carboxylic acids is 2. The summed E-state index contributed by atoms with van der Waals surface area (Å²) in [5.74, 6) is -3.31. The number of aliphatic carboxylic acids is 2. The Morgan fingerprint density at radius 2 is 1.65 bits per heavy atom. The molecular weight excluding hydrogens is 252 g/mol. The standard InChI is InChI=1S/C9H12O7S/c1-6(8(10)11)2-3-7(9(12)13)4-5-17(14,15)16/h2-3H,4-5H2,1H3,(H,10,11)(H,12,13)(H,14,15,16). The van der Waals surface area contributed by atoms with Crippen LogP contribution in [0, 0.1) is 0 Å². The molecule has 0 aliphatic rings. The summed E-state index contributed by atoms with van der Waals surface area (Å²) in [6.07, 6.45) is 1.64. The molecule has 0 unspecified atom stereocenters. The van der Waals surface area contributed by atoms with Gasteiger partial charge in [-0.3, -0.25) is 4.55 Å². The highest BCUT2D eigenvalue weighted by molar-refractivity contribution is 7.85. The Morgan fingerprint density at radius 1 is 1.12 bits per heavy atom. The molecule has 0 bridgehead atoms. The van der Waals surface area contributed by atoms with E-state index in [0.717, 1.165) is 12.2 Å². The van der Waals surface area contributed by atoms with Crippen molar-refractivity contribution in [2.45, 2.75) is 13.3 Å². The highest BCUT2D eigenvalue weighted by atomic mass is 32.2. The molecule has 0 spiro atoms. The highest BCUT2D eigenvalue weighted by Crippen LogP contribution is 2.06. The van der Waals surface area contributed by atoms with Crippen molar-refractivity contribution in [3.8, 4) is 0 Å². The summed E-state index contributed by atoms with van der Waals surface area (Å²) in [7, 11) is -4.25. The normalized spacial score (nSPS) is 13.5. The molecule has 7 nitrogen and oxygen atoms in total. The summed E-state index contributed by atoms with van der Waals surface area (Å²) in [5, 5.41) is 17.2. The maximum absolute atomic E-state index is 10.7. The van der Waals surface area contributed by atoms with E-state index in [4.69, 9.17) is 14.8 Å². The van der Waals surface area contributed by atoms with Gasteiger partial charge in [0.25, 0.3) is 10.1 Å². The van der Waals surface area contributed by atoms with E-state index in [1.807, 2.05) is 0 Å². The first-order chi connectivity index (χ1) is 7.63. The minimum absolute atomic E-state index is 0.0874.